The van der Waals surface area contributed by atoms with Crippen LogP contribution in [0.3, 0.4) is 0 Å². The van der Waals surface area contributed by atoms with Crippen molar-refractivity contribution in [1.82, 2.24) is 9.97 Å². The molecule has 0 radical (unpaired) electrons. The molecule has 0 amide bonds. The lowest BCUT2D eigenvalue weighted by Crippen LogP contribution is -2.46. The molecule has 1 saturated heterocycles. The molecule has 1 aliphatic rings. The van der Waals surface area contributed by atoms with E-state index in [4.69, 9.17) is 4.98 Å². The highest BCUT2D eigenvalue weighted by Crippen LogP contribution is 2.28. The van der Waals surface area contributed by atoms with Crippen molar-refractivity contribution in [2.24, 2.45) is 0 Å². The fourth-order valence-electron chi connectivity index (χ4n) is 4.04. The summed E-state index contributed by atoms with van der Waals surface area (Å²) in [6.45, 7) is 6.00. The van der Waals surface area contributed by atoms with E-state index in [0.29, 0.717) is 0 Å². The highest BCUT2D eigenvalue weighted by molar-refractivity contribution is 5.95. The average molecular weight is 380 g/mol. The monoisotopic (exact) mass is 380 g/mol. The van der Waals surface area contributed by atoms with Crippen LogP contribution in [0.5, 0.6) is 0 Å². The van der Waals surface area contributed by atoms with Gasteiger partial charge in [-0.25, -0.2) is 4.98 Å². The topological polar surface area (TPSA) is 32.3 Å². The molecule has 1 fully saturated rings. The van der Waals surface area contributed by atoms with E-state index in [-0.39, 0.29) is 0 Å². The molecule has 0 N–H and O–H groups in total. The third-order valence-corrected chi connectivity index (χ3v) is 5.69. The number of nitrogens with zero attached hydrogens (tertiary/aromatic N) is 4. The van der Waals surface area contributed by atoms with E-state index in [2.05, 4.69) is 88.4 Å². The lowest BCUT2D eigenvalue weighted by molar-refractivity contribution is 0.646. The Hall–Kier alpha value is -3.40. The van der Waals surface area contributed by atoms with Gasteiger partial charge in [-0.15, -0.1) is 0 Å². The van der Waals surface area contributed by atoms with Gasteiger partial charge in [0.25, 0.3) is 0 Å². The fraction of sp³-hybridized carbons (Fsp3) is 0.200. The smallest absolute Gasteiger partial charge is 0.147 e. The van der Waals surface area contributed by atoms with Crippen LogP contribution >= 0.6 is 0 Å². The first-order valence-electron chi connectivity index (χ1n) is 10.1. The van der Waals surface area contributed by atoms with Crippen molar-refractivity contribution in [3.8, 4) is 11.3 Å². The molecule has 5 rings (SSSR count). The maximum absolute atomic E-state index is 4.97. The Kier molecular flexibility index (Phi) is 4.60. The molecular formula is C25H24N4. The predicted molar refractivity (Wildman–Crippen MR) is 121 cm³/mol. The molecule has 0 atom stereocenters. The quantitative estimate of drug-likeness (QED) is 0.504. The maximum atomic E-state index is 4.97. The Morgan fingerprint density at radius 2 is 1.45 bits per heavy atom. The van der Waals surface area contributed by atoms with Crippen LogP contribution in [-0.2, 0) is 0 Å². The summed E-state index contributed by atoms with van der Waals surface area (Å²) < 4.78 is 0. The molecule has 1 aliphatic heterocycles. The number of hydrogen-bond donors (Lipinski definition) is 0. The lowest BCUT2D eigenvalue weighted by atomic mass is 10.0. The normalized spacial score (nSPS) is 14.4. The number of anilines is 2. The van der Waals surface area contributed by atoms with Crippen molar-refractivity contribution in [1.29, 1.82) is 0 Å². The maximum Gasteiger partial charge on any atom is 0.147 e. The number of aryl methyl sites for hydroxylation is 1. The van der Waals surface area contributed by atoms with Gasteiger partial charge in [0.05, 0.1) is 18.1 Å². The number of aromatic nitrogens is 2. The van der Waals surface area contributed by atoms with Crippen molar-refractivity contribution in [2.75, 3.05) is 36.0 Å². The van der Waals surface area contributed by atoms with Crippen LogP contribution < -0.4 is 9.80 Å². The summed E-state index contributed by atoms with van der Waals surface area (Å²) in [5.74, 6) is 0.957. The fourth-order valence-corrected chi connectivity index (χ4v) is 4.04. The molecule has 4 aromatic rings. The highest BCUT2D eigenvalue weighted by atomic mass is 15.3. The molecule has 144 valence electrons. The van der Waals surface area contributed by atoms with Crippen molar-refractivity contribution in [2.45, 2.75) is 6.92 Å². The minimum Gasteiger partial charge on any atom is -0.368 e. The second-order valence-corrected chi connectivity index (χ2v) is 7.60. The van der Waals surface area contributed by atoms with Crippen LogP contribution in [0.1, 0.15) is 5.56 Å². The third-order valence-electron chi connectivity index (χ3n) is 5.69. The van der Waals surface area contributed by atoms with Gasteiger partial charge >= 0.3 is 0 Å². The first kappa shape index (κ1) is 17.7. The Morgan fingerprint density at radius 1 is 0.724 bits per heavy atom. The summed E-state index contributed by atoms with van der Waals surface area (Å²) >= 11 is 0. The van der Waals surface area contributed by atoms with E-state index in [9.17, 15) is 0 Å². The number of fused-ring (bicyclic) bond motifs is 1. The highest BCUT2D eigenvalue weighted by Gasteiger charge is 2.19. The van der Waals surface area contributed by atoms with E-state index in [1.54, 1.807) is 0 Å². The molecular weight excluding hydrogens is 356 g/mol. The summed E-state index contributed by atoms with van der Waals surface area (Å²) in [4.78, 5) is 14.3. The SMILES string of the molecule is Cc1ccc(N2CCN(c3cncc(-c4cccc5ccccc45)n3)CC2)cc1. The largest absolute Gasteiger partial charge is 0.368 e. The number of benzene rings is 3. The van der Waals surface area contributed by atoms with Gasteiger partial charge in [0.1, 0.15) is 5.82 Å². The molecule has 0 aliphatic carbocycles. The van der Waals surface area contributed by atoms with Crippen molar-refractivity contribution in [3.05, 3.63) is 84.7 Å². The zero-order valence-corrected chi connectivity index (χ0v) is 16.6. The van der Waals surface area contributed by atoms with Crippen LogP contribution in [0.15, 0.2) is 79.1 Å². The van der Waals surface area contributed by atoms with Crippen LogP contribution in [-0.4, -0.2) is 36.1 Å². The summed E-state index contributed by atoms with van der Waals surface area (Å²) in [5, 5.41) is 2.44. The molecule has 4 nitrogen and oxygen atoms in total. The first-order chi connectivity index (χ1) is 14.3. The number of rotatable bonds is 3. The number of hydrogen-bond acceptors (Lipinski definition) is 4. The molecule has 29 heavy (non-hydrogen) atoms. The van der Waals surface area contributed by atoms with Gasteiger partial charge < -0.3 is 9.80 Å². The molecule has 0 saturated carbocycles. The Balaban J connectivity index is 1.37. The van der Waals surface area contributed by atoms with Crippen LogP contribution in [0.4, 0.5) is 11.5 Å². The Morgan fingerprint density at radius 3 is 2.28 bits per heavy atom. The number of piperazine rings is 1. The predicted octanol–water partition coefficient (Wildman–Crippen LogP) is 4.93. The zero-order valence-electron chi connectivity index (χ0n) is 16.6. The molecule has 3 aromatic carbocycles. The molecule has 0 unspecified atom stereocenters. The standard InChI is InChI=1S/C25H24N4/c1-19-9-11-21(12-10-19)28-13-15-29(16-14-28)25-18-26-17-24(27-25)23-8-4-6-20-5-2-3-7-22(20)23/h2-12,17-18H,13-16H2,1H3. The van der Waals surface area contributed by atoms with Gasteiger partial charge in [-0.3, -0.25) is 4.98 Å². The van der Waals surface area contributed by atoms with Gasteiger partial charge in [0.2, 0.25) is 0 Å². The summed E-state index contributed by atoms with van der Waals surface area (Å²) in [6.07, 6.45) is 3.75. The van der Waals surface area contributed by atoms with Crippen molar-refractivity contribution < 1.29 is 0 Å². The molecule has 0 bridgehead atoms. The van der Waals surface area contributed by atoms with E-state index >= 15 is 0 Å². The summed E-state index contributed by atoms with van der Waals surface area (Å²) in [6, 6.07) is 23.6. The minimum atomic E-state index is 0.931. The van der Waals surface area contributed by atoms with E-state index in [1.165, 1.54) is 22.0 Å². The van der Waals surface area contributed by atoms with Crippen LogP contribution in [0.2, 0.25) is 0 Å². The van der Waals surface area contributed by atoms with Gasteiger partial charge in [-0.05, 0) is 29.8 Å². The minimum absolute atomic E-state index is 0.931. The lowest BCUT2D eigenvalue weighted by Gasteiger charge is -2.36. The third kappa shape index (κ3) is 3.54. The second kappa shape index (κ2) is 7.55. The van der Waals surface area contributed by atoms with Crippen LogP contribution in [0.25, 0.3) is 22.0 Å². The second-order valence-electron chi connectivity index (χ2n) is 7.60. The molecule has 4 heteroatoms. The van der Waals surface area contributed by atoms with Gasteiger partial charge in [-0.1, -0.05) is 60.2 Å². The Labute approximate surface area is 171 Å². The van der Waals surface area contributed by atoms with E-state index in [0.717, 1.165) is 43.3 Å². The average Bonchev–Trinajstić information content (AvgIpc) is 2.79. The summed E-state index contributed by atoms with van der Waals surface area (Å²) in [5.41, 5.74) is 4.66. The zero-order chi connectivity index (χ0) is 19.6. The summed E-state index contributed by atoms with van der Waals surface area (Å²) in [7, 11) is 0. The van der Waals surface area contributed by atoms with E-state index < -0.39 is 0 Å². The molecule has 0 spiro atoms. The van der Waals surface area contributed by atoms with E-state index in [1.807, 2.05) is 12.4 Å². The van der Waals surface area contributed by atoms with Crippen molar-refractivity contribution >= 4 is 22.3 Å². The van der Waals surface area contributed by atoms with Crippen LogP contribution in [0, 0.1) is 6.92 Å². The van der Waals surface area contributed by atoms with Gasteiger partial charge in [-0.2, -0.15) is 0 Å². The molecule has 1 aromatic heterocycles. The molecule has 2 heterocycles. The Bertz CT molecular complexity index is 1120. The van der Waals surface area contributed by atoms with Gasteiger partial charge in [0.15, 0.2) is 0 Å². The first-order valence-corrected chi connectivity index (χ1v) is 10.1. The van der Waals surface area contributed by atoms with Gasteiger partial charge in [0, 0.05) is 37.4 Å². The van der Waals surface area contributed by atoms with Crippen molar-refractivity contribution in [3.63, 3.8) is 0 Å².